The quantitative estimate of drug-likeness (QED) is 0.644. The van der Waals surface area contributed by atoms with E-state index in [1.165, 1.54) is 22.3 Å². The molecule has 130 valence electrons. The summed E-state index contributed by atoms with van der Waals surface area (Å²) >= 11 is 0. The third-order valence-corrected chi connectivity index (χ3v) is 5.28. The molecular weight excluding hydrogens is 320 g/mol. The zero-order valence-electron chi connectivity index (χ0n) is 15.1. The Bertz CT molecular complexity index is 874. The highest BCUT2D eigenvalue weighted by Crippen LogP contribution is 2.42. The number of ether oxygens (including phenoxy) is 2. The van der Waals surface area contributed by atoms with Crippen molar-refractivity contribution in [2.24, 2.45) is 0 Å². The maximum absolute atomic E-state index is 5.35. The molecule has 3 aromatic rings. The molecule has 1 aliphatic rings. The van der Waals surface area contributed by atoms with Gasteiger partial charge in [-0.15, -0.1) is 0 Å². The van der Waals surface area contributed by atoms with E-state index in [0.29, 0.717) is 0 Å². The van der Waals surface area contributed by atoms with E-state index in [1.54, 1.807) is 14.2 Å². The largest absolute Gasteiger partial charge is 0.497 e. The second-order valence-electron chi connectivity index (χ2n) is 6.64. The minimum absolute atomic E-state index is 0.201. The zero-order valence-corrected chi connectivity index (χ0v) is 15.1. The average Bonchev–Trinajstić information content (AvgIpc) is 2.73. The number of hydrogen-bond donors (Lipinski definition) is 0. The Balaban J connectivity index is 1.86. The van der Waals surface area contributed by atoms with E-state index in [-0.39, 0.29) is 5.41 Å². The Kier molecular flexibility index (Phi) is 4.26. The van der Waals surface area contributed by atoms with Gasteiger partial charge < -0.3 is 9.47 Å². The molecule has 0 radical (unpaired) electrons. The molecule has 26 heavy (non-hydrogen) atoms. The van der Waals surface area contributed by atoms with Crippen LogP contribution in [0.3, 0.4) is 0 Å². The maximum Gasteiger partial charge on any atom is 0.118 e. The molecule has 0 heterocycles. The predicted octanol–water partition coefficient (Wildman–Crippen LogP) is 5.26. The lowest BCUT2D eigenvalue weighted by Crippen LogP contribution is -2.30. The van der Waals surface area contributed by atoms with Crippen molar-refractivity contribution in [2.45, 2.75) is 11.8 Å². The van der Waals surface area contributed by atoms with Gasteiger partial charge in [0.15, 0.2) is 0 Å². The topological polar surface area (TPSA) is 18.5 Å². The lowest BCUT2D eigenvalue weighted by atomic mass is 9.67. The van der Waals surface area contributed by atoms with Crippen molar-refractivity contribution in [1.82, 2.24) is 0 Å². The van der Waals surface area contributed by atoms with Gasteiger partial charge in [-0.1, -0.05) is 60.7 Å². The first-order valence-electron chi connectivity index (χ1n) is 8.81. The third-order valence-electron chi connectivity index (χ3n) is 5.28. The molecule has 0 unspecified atom stereocenters. The molecule has 2 nitrogen and oxygen atoms in total. The first-order chi connectivity index (χ1) is 12.7. The molecule has 1 aliphatic carbocycles. The molecule has 0 atom stereocenters. The Labute approximate surface area is 154 Å². The van der Waals surface area contributed by atoms with Gasteiger partial charge in [0, 0.05) is 5.41 Å². The van der Waals surface area contributed by atoms with Crippen molar-refractivity contribution in [3.05, 3.63) is 101 Å². The van der Waals surface area contributed by atoms with Gasteiger partial charge in [0.1, 0.15) is 11.5 Å². The number of fused-ring (bicyclic) bond motifs is 1. The second-order valence-corrected chi connectivity index (χ2v) is 6.64. The summed E-state index contributed by atoms with van der Waals surface area (Å²) in [7, 11) is 3.40. The summed E-state index contributed by atoms with van der Waals surface area (Å²) in [5.41, 5.74) is 4.97. The molecule has 0 amide bonds. The lowest BCUT2D eigenvalue weighted by Gasteiger charge is -2.36. The van der Waals surface area contributed by atoms with E-state index in [1.807, 2.05) is 24.3 Å². The SMILES string of the molecule is COc1ccc(C2(c3ccc(OC)cc3)C=Cc3ccccc3C2)cc1. The van der Waals surface area contributed by atoms with E-state index < -0.39 is 0 Å². The average molecular weight is 342 g/mol. The molecular formula is C24H22O2. The Morgan fingerprint density at radius 3 is 1.77 bits per heavy atom. The van der Waals surface area contributed by atoms with Crippen LogP contribution in [0.15, 0.2) is 78.9 Å². The van der Waals surface area contributed by atoms with E-state index >= 15 is 0 Å². The fourth-order valence-electron chi connectivity index (χ4n) is 3.79. The number of allylic oxidation sites excluding steroid dienone is 1. The summed E-state index contributed by atoms with van der Waals surface area (Å²) in [4.78, 5) is 0. The van der Waals surface area contributed by atoms with Gasteiger partial charge in [-0.25, -0.2) is 0 Å². The number of benzene rings is 3. The van der Waals surface area contributed by atoms with Crippen LogP contribution in [0.5, 0.6) is 11.5 Å². The van der Waals surface area contributed by atoms with Crippen molar-refractivity contribution < 1.29 is 9.47 Å². The van der Waals surface area contributed by atoms with Gasteiger partial charge >= 0.3 is 0 Å². The highest BCUT2D eigenvalue weighted by atomic mass is 16.5. The minimum atomic E-state index is -0.201. The minimum Gasteiger partial charge on any atom is -0.497 e. The summed E-state index contributed by atoms with van der Waals surface area (Å²) in [6.45, 7) is 0. The van der Waals surface area contributed by atoms with Crippen LogP contribution in [-0.2, 0) is 11.8 Å². The van der Waals surface area contributed by atoms with Gasteiger partial charge in [0.2, 0.25) is 0 Å². The predicted molar refractivity (Wildman–Crippen MR) is 106 cm³/mol. The second kappa shape index (κ2) is 6.72. The maximum atomic E-state index is 5.35. The first-order valence-corrected chi connectivity index (χ1v) is 8.81. The highest BCUT2D eigenvalue weighted by Gasteiger charge is 2.34. The third kappa shape index (κ3) is 2.78. The normalized spacial score (nSPS) is 14.5. The van der Waals surface area contributed by atoms with E-state index in [4.69, 9.17) is 9.47 Å². The number of methoxy groups -OCH3 is 2. The lowest BCUT2D eigenvalue weighted by molar-refractivity contribution is 0.414. The molecule has 2 heteroatoms. The summed E-state index contributed by atoms with van der Waals surface area (Å²) < 4.78 is 10.7. The molecule has 3 aromatic carbocycles. The monoisotopic (exact) mass is 342 g/mol. The Morgan fingerprint density at radius 1 is 0.692 bits per heavy atom. The van der Waals surface area contributed by atoms with Gasteiger partial charge in [0.05, 0.1) is 14.2 Å². The fraction of sp³-hybridized carbons (Fsp3) is 0.167. The van der Waals surface area contributed by atoms with Crippen LogP contribution in [0, 0.1) is 0 Å². The smallest absolute Gasteiger partial charge is 0.118 e. The van der Waals surface area contributed by atoms with Crippen LogP contribution in [0.1, 0.15) is 22.3 Å². The molecule has 0 bridgehead atoms. The van der Waals surface area contributed by atoms with Crippen LogP contribution in [0.2, 0.25) is 0 Å². The Morgan fingerprint density at radius 2 is 1.23 bits per heavy atom. The molecule has 0 N–H and O–H groups in total. The summed E-state index contributed by atoms with van der Waals surface area (Å²) in [6.07, 6.45) is 5.50. The molecule has 0 aliphatic heterocycles. The number of rotatable bonds is 4. The van der Waals surface area contributed by atoms with Crippen molar-refractivity contribution >= 4 is 6.08 Å². The Hall–Kier alpha value is -3.00. The fourth-order valence-corrected chi connectivity index (χ4v) is 3.79. The molecule has 0 fully saturated rings. The highest BCUT2D eigenvalue weighted by molar-refractivity contribution is 5.64. The first kappa shape index (κ1) is 16.5. The van der Waals surface area contributed by atoms with E-state index in [2.05, 4.69) is 60.7 Å². The van der Waals surface area contributed by atoms with Crippen LogP contribution in [0.25, 0.3) is 6.08 Å². The molecule has 0 aromatic heterocycles. The van der Waals surface area contributed by atoms with Crippen LogP contribution in [-0.4, -0.2) is 14.2 Å². The van der Waals surface area contributed by atoms with Gasteiger partial charge in [0.25, 0.3) is 0 Å². The van der Waals surface area contributed by atoms with Crippen LogP contribution in [0.4, 0.5) is 0 Å². The molecule has 4 rings (SSSR count). The van der Waals surface area contributed by atoms with Crippen molar-refractivity contribution in [3.63, 3.8) is 0 Å². The van der Waals surface area contributed by atoms with Gasteiger partial charge in [-0.05, 0) is 52.9 Å². The number of hydrogen-bond acceptors (Lipinski definition) is 2. The van der Waals surface area contributed by atoms with Gasteiger partial charge in [-0.2, -0.15) is 0 Å². The van der Waals surface area contributed by atoms with Crippen molar-refractivity contribution in [2.75, 3.05) is 14.2 Å². The standard InChI is InChI=1S/C24H22O2/c1-25-22-11-7-20(8-12-22)24(21-9-13-23(26-2)14-10-21)16-15-18-5-3-4-6-19(18)17-24/h3-16H,17H2,1-2H3. The molecule has 0 saturated heterocycles. The van der Waals surface area contributed by atoms with Crippen molar-refractivity contribution in [3.8, 4) is 11.5 Å². The zero-order chi connectivity index (χ0) is 18.0. The molecule has 0 saturated carbocycles. The van der Waals surface area contributed by atoms with Crippen molar-refractivity contribution in [1.29, 1.82) is 0 Å². The van der Waals surface area contributed by atoms with Crippen LogP contribution >= 0.6 is 0 Å². The summed E-state index contributed by atoms with van der Waals surface area (Å²) in [5, 5.41) is 0. The molecule has 0 spiro atoms. The van der Waals surface area contributed by atoms with E-state index in [9.17, 15) is 0 Å². The van der Waals surface area contributed by atoms with Gasteiger partial charge in [-0.3, -0.25) is 0 Å². The van der Waals surface area contributed by atoms with Crippen LogP contribution < -0.4 is 9.47 Å². The summed E-state index contributed by atoms with van der Waals surface area (Å²) in [6, 6.07) is 25.4. The van der Waals surface area contributed by atoms with E-state index in [0.717, 1.165) is 17.9 Å². The summed E-state index contributed by atoms with van der Waals surface area (Å²) in [5.74, 6) is 1.75.